The summed E-state index contributed by atoms with van der Waals surface area (Å²) < 4.78 is 0. The Morgan fingerprint density at radius 1 is 0.885 bits per heavy atom. The van der Waals surface area contributed by atoms with Gasteiger partial charge in [0.05, 0.1) is 16.1 Å². The molecular weight excluding hydrogens is 344 g/mol. The molecule has 0 unspecified atom stereocenters. The summed E-state index contributed by atoms with van der Waals surface area (Å²) in [7, 11) is 0. The van der Waals surface area contributed by atoms with Crippen LogP contribution in [0.1, 0.15) is 36.0 Å². The van der Waals surface area contributed by atoms with Crippen LogP contribution in [0.15, 0.2) is 60.7 Å². The van der Waals surface area contributed by atoms with Crippen molar-refractivity contribution in [3.63, 3.8) is 0 Å². The second-order valence-corrected chi connectivity index (χ2v) is 7.37. The van der Waals surface area contributed by atoms with Gasteiger partial charge >= 0.3 is 0 Å². The zero-order valence-corrected chi connectivity index (χ0v) is 15.5. The molecule has 0 atom stereocenters. The van der Waals surface area contributed by atoms with Crippen LogP contribution in [0, 0.1) is 13.8 Å². The standard InChI is InChI=1S/C21H20N2O2S/c1-14-7-10-16(11-8-14)13-22-20(24)17-5-3-4-6-18(17)23-21(25)19-12-9-15(2)26-19/h3-12H,13H2,1-2H3,(H,22,24)(H,23,25). The van der Waals surface area contributed by atoms with Crippen LogP contribution >= 0.6 is 11.3 Å². The quantitative estimate of drug-likeness (QED) is 0.698. The predicted octanol–water partition coefficient (Wildman–Crippen LogP) is 4.55. The van der Waals surface area contributed by atoms with Crippen molar-refractivity contribution in [2.45, 2.75) is 20.4 Å². The number of aryl methyl sites for hydroxylation is 2. The fourth-order valence-corrected chi connectivity index (χ4v) is 3.28. The number of anilines is 1. The number of benzene rings is 2. The molecule has 0 saturated heterocycles. The normalized spacial score (nSPS) is 10.4. The molecule has 0 aliphatic heterocycles. The molecule has 0 aliphatic carbocycles. The van der Waals surface area contributed by atoms with E-state index in [1.165, 1.54) is 16.9 Å². The van der Waals surface area contributed by atoms with E-state index in [9.17, 15) is 9.59 Å². The van der Waals surface area contributed by atoms with E-state index in [1.54, 1.807) is 30.3 Å². The van der Waals surface area contributed by atoms with Crippen molar-refractivity contribution in [1.29, 1.82) is 0 Å². The molecule has 0 saturated carbocycles. The van der Waals surface area contributed by atoms with Crippen molar-refractivity contribution in [2.75, 3.05) is 5.32 Å². The Bertz CT molecular complexity index is 929. The summed E-state index contributed by atoms with van der Waals surface area (Å²) >= 11 is 1.43. The maximum atomic E-state index is 12.6. The van der Waals surface area contributed by atoms with Crippen molar-refractivity contribution in [3.8, 4) is 0 Å². The van der Waals surface area contributed by atoms with Gasteiger partial charge in [-0.05, 0) is 43.7 Å². The monoisotopic (exact) mass is 364 g/mol. The molecule has 3 aromatic rings. The molecule has 0 bridgehead atoms. The summed E-state index contributed by atoms with van der Waals surface area (Å²) in [5, 5.41) is 5.74. The molecule has 3 rings (SSSR count). The van der Waals surface area contributed by atoms with E-state index in [4.69, 9.17) is 0 Å². The van der Waals surface area contributed by atoms with Crippen LogP contribution in [0.25, 0.3) is 0 Å². The average Bonchev–Trinajstić information content (AvgIpc) is 3.08. The van der Waals surface area contributed by atoms with Gasteiger partial charge in [0, 0.05) is 11.4 Å². The van der Waals surface area contributed by atoms with Crippen LogP contribution < -0.4 is 10.6 Å². The molecule has 1 aromatic heterocycles. The molecule has 0 fully saturated rings. The maximum Gasteiger partial charge on any atom is 0.265 e. The van der Waals surface area contributed by atoms with Crippen molar-refractivity contribution in [1.82, 2.24) is 5.32 Å². The molecule has 2 amide bonds. The smallest absolute Gasteiger partial charge is 0.265 e. The van der Waals surface area contributed by atoms with Gasteiger partial charge in [0.2, 0.25) is 0 Å². The first kappa shape index (κ1) is 17.9. The first-order valence-corrected chi connectivity index (χ1v) is 9.15. The van der Waals surface area contributed by atoms with E-state index in [0.717, 1.165) is 10.4 Å². The lowest BCUT2D eigenvalue weighted by Gasteiger charge is -2.11. The van der Waals surface area contributed by atoms with E-state index >= 15 is 0 Å². The molecule has 4 nitrogen and oxygen atoms in total. The number of carbonyl (C=O) groups excluding carboxylic acids is 2. The molecule has 26 heavy (non-hydrogen) atoms. The second-order valence-electron chi connectivity index (χ2n) is 6.08. The van der Waals surface area contributed by atoms with Crippen LogP contribution in [-0.2, 0) is 6.54 Å². The highest BCUT2D eigenvalue weighted by Gasteiger charge is 2.14. The van der Waals surface area contributed by atoms with Crippen molar-refractivity contribution in [2.24, 2.45) is 0 Å². The molecule has 5 heteroatoms. The van der Waals surface area contributed by atoms with Gasteiger partial charge in [-0.3, -0.25) is 9.59 Å². The highest BCUT2D eigenvalue weighted by molar-refractivity contribution is 7.14. The third-order valence-corrected chi connectivity index (χ3v) is 4.96. The summed E-state index contributed by atoms with van der Waals surface area (Å²) in [5.41, 5.74) is 3.16. The number of rotatable bonds is 5. The summed E-state index contributed by atoms with van der Waals surface area (Å²) in [6, 6.07) is 18.7. The predicted molar refractivity (Wildman–Crippen MR) is 106 cm³/mol. The number of nitrogens with one attached hydrogen (secondary N) is 2. The molecular formula is C21H20N2O2S. The van der Waals surface area contributed by atoms with Crippen LogP contribution in [0.2, 0.25) is 0 Å². The highest BCUT2D eigenvalue weighted by atomic mass is 32.1. The SMILES string of the molecule is Cc1ccc(CNC(=O)c2ccccc2NC(=O)c2ccc(C)s2)cc1. The number of hydrogen-bond donors (Lipinski definition) is 2. The van der Waals surface area contributed by atoms with Gasteiger partial charge in [0.1, 0.15) is 0 Å². The minimum atomic E-state index is -0.219. The number of para-hydroxylation sites is 1. The van der Waals surface area contributed by atoms with Gasteiger partial charge in [0.25, 0.3) is 11.8 Å². The topological polar surface area (TPSA) is 58.2 Å². The first-order valence-electron chi connectivity index (χ1n) is 8.33. The maximum absolute atomic E-state index is 12.6. The number of amides is 2. The Morgan fingerprint density at radius 3 is 2.31 bits per heavy atom. The molecule has 0 spiro atoms. The fraction of sp³-hybridized carbons (Fsp3) is 0.143. The highest BCUT2D eigenvalue weighted by Crippen LogP contribution is 2.20. The number of carbonyl (C=O) groups is 2. The van der Waals surface area contributed by atoms with Gasteiger partial charge < -0.3 is 10.6 Å². The van der Waals surface area contributed by atoms with Gasteiger partial charge in [-0.15, -0.1) is 11.3 Å². The molecule has 132 valence electrons. The van der Waals surface area contributed by atoms with Crippen LogP contribution in [0.5, 0.6) is 0 Å². The largest absolute Gasteiger partial charge is 0.348 e. The van der Waals surface area contributed by atoms with Gasteiger partial charge in [0.15, 0.2) is 0 Å². The molecule has 0 aliphatic rings. The van der Waals surface area contributed by atoms with Gasteiger partial charge in [-0.1, -0.05) is 42.0 Å². The van der Waals surface area contributed by atoms with Crippen LogP contribution in [0.4, 0.5) is 5.69 Å². The van der Waals surface area contributed by atoms with Crippen molar-refractivity contribution in [3.05, 3.63) is 87.1 Å². The summed E-state index contributed by atoms with van der Waals surface area (Å²) in [5.74, 6) is -0.425. The Balaban J connectivity index is 1.70. The molecule has 0 radical (unpaired) electrons. The van der Waals surface area contributed by atoms with Crippen LogP contribution in [0.3, 0.4) is 0 Å². The Hall–Kier alpha value is -2.92. The first-order chi connectivity index (χ1) is 12.5. The molecule has 2 N–H and O–H groups in total. The minimum Gasteiger partial charge on any atom is -0.348 e. The number of hydrogen-bond acceptors (Lipinski definition) is 3. The third-order valence-electron chi connectivity index (χ3n) is 3.96. The van der Waals surface area contributed by atoms with Crippen molar-refractivity contribution < 1.29 is 9.59 Å². The summed E-state index contributed by atoms with van der Waals surface area (Å²) in [6.45, 7) is 4.41. The Kier molecular flexibility index (Phi) is 5.49. The zero-order valence-electron chi connectivity index (χ0n) is 14.7. The van der Waals surface area contributed by atoms with Crippen LogP contribution in [-0.4, -0.2) is 11.8 Å². The van der Waals surface area contributed by atoms with Gasteiger partial charge in [-0.25, -0.2) is 0 Å². The fourth-order valence-electron chi connectivity index (χ4n) is 2.51. The molecule has 1 heterocycles. The van der Waals surface area contributed by atoms with E-state index < -0.39 is 0 Å². The second kappa shape index (κ2) is 7.97. The van der Waals surface area contributed by atoms with Crippen molar-refractivity contribution >= 4 is 28.8 Å². The summed E-state index contributed by atoms with van der Waals surface area (Å²) in [6.07, 6.45) is 0. The Labute approximate surface area is 156 Å². The molecule has 2 aromatic carbocycles. The number of thiophene rings is 1. The minimum absolute atomic E-state index is 0.207. The lowest BCUT2D eigenvalue weighted by atomic mass is 10.1. The zero-order chi connectivity index (χ0) is 18.5. The van der Waals surface area contributed by atoms with E-state index in [1.807, 2.05) is 44.2 Å². The third kappa shape index (κ3) is 4.37. The average molecular weight is 364 g/mol. The van der Waals surface area contributed by atoms with E-state index in [-0.39, 0.29) is 11.8 Å². The Morgan fingerprint density at radius 2 is 1.62 bits per heavy atom. The lowest BCUT2D eigenvalue weighted by Crippen LogP contribution is -2.24. The van der Waals surface area contributed by atoms with E-state index in [2.05, 4.69) is 10.6 Å². The summed E-state index contributed by atoms with van der Waals surface area (Å²) in [4.78, 5) is 26.6. The lowest BCUT2D eigenvalue weighted by molar-refractivity contribution is 0.0952. The van der Waals surface area contributed by atoms with E-state index in [0.29, 0.717) is 22.7 Å². The van der Waals surface area contributed by atoms with Gasteiger partial charge in [-0.2, -0.15) is 0 Å².